The number of nitrogen functional groups attached to an aromatic ring is 1. The average Bonchev–Trinajstić information content (AvgIpc) is 4.03. The molecule has 0 bridgehead atoms. The van der Waals surface area contributed by atoms with Gasteiger partial charge in [-0.25, -0.2) is 21.6 Å². The van der Waals surface area contributed by atoms with Crippen molar-refractivity contribution in [3.8, 4) is 34.4 Å². The van der Waals surface area contributed by atoms with Crippen LogP contribution in [0.2, 0.25) is 0 Å². The van der Waals surface area contributed by atoms with E-state index in [0.717, 1.165) is 23.1 Å². The Bertz CT molecular complexity index is 2750. The number of benzene rings is 4. The van der Waals surface area contributed by atoms with Crippen molar-refractivity contribution < 1.29 is 48.4 Å². The SMILES string of the molecule is C.CCc1ccc(OC)c(S(=O)(=O)Cl)c1.CCc1ccc(OC)c(S(=O)(=O)Nc2nnc(-c3ccccc3)o2)c1.I[I-]I(I)I(I)I(I)I(I)I(I)I(I)I(I)I(I)I.Nc1nnc(-c2ccccc2)o1. The van der Waals surface area contributed by atoms with Gasteiger partial charge in [0.2, 0.25) is 11.8 Å². The number of hydrogen-bond donors (Lipinski definition) is 2. The minimum atomic E-state index is -3.93. The van der Waals surface area contributed by atoms with Gasteiger partial charge < -0.3 is 24.0 Å². The number of methoxy groups -OCH3 is 2. The van der Waals surface area contributed by atoms with Gasteiger partial charge in [0.25, 0.3) is 19.1 Å². The smallest absolute Gasteiger partial charge is 0.313 e. The molecule has 0 saturated heterocycles. The van der Waals surface area contributed by atoms with Gasteiger partial charge in [-0.2, -0.15) is 0 Å². The molecule has 0 atom stereocenters. The summed E-state index contributed by atoms with van der Waals surface area (Å²) in [5.74, 6) is 1.20. The first-order valence-electron chi connectivity index (χ1n) is 17.8. The van der Waals surface area contributed by atoms with Gasteiger partial charge in [-0.15, -0.1) is 10.2 Å². The van der Waals surface area contributed by atoms with E-state index in [1.165, 1.54) is 20.3 Å². The number of aromatic nitrogens is 4. The van der Waals surface area contributed by atoms with Crippen LogP contribution in [0.15, 0.2) is 116 Å². The predicted octanol–water partition coefficient (Wildman–Crippen LogP) is 20.2. The maximum absolute atomic E-state index is 12.7. The fourth-order valence-electron chi connectivity index (χ4n) is 4.55. The van der Waals surface area contributed by atoms with Crippen LogP contribution in [0.1, 0.15) is 32.4 Å². The van der Waals surface area contributed by atoms with E-state index in [-0.39, 0.29) is 102 Å². The Hall–Kier alpha value is 8.42. The Morgan fingerprint density at radius 1 is 0.620 bits per heavy atom. The van der Waals surface area contributed by atoms with Crippen molar-refractivity contribution in [1.82, 2.24) is 20.4 Å². The second kappa shape index (κ2) is 40.0. The third-order valence-corrected chi connectivity index (χ3v) is 1250. The summed E-state index contributed by atoms with van der Waals surface area (Å²) in [6.07, 6.45) is 1.45. The molecule has 6 aromatic rings. The van der Waals surface area contributed by atoms with Crippen molar-refractivity contribution >= 4 is 291 Å². The Morgan fingerprint density at radius 2 is 1.04 bits per heavy atom. The van der Waals surface area contributed by atoms with Crippen molar-refractivity contribution in [3.63, 3.8) is 0 Å². The molecule has 4 aromatic carbocycles. The van der Waals surface area contributed by atoms with E-state index in [9.17, 15) is 16.8 Å². The largest absolute Gasteiger partial charge is 0.404 e. The zero-order valence-electron chi connectivity index (χ0n) is 35.2. The van der Waals surface area contributed by atoms with Gasteiger partial charge in [0.05, 0.1) is 14.2 Å². The van der Waals surface area contributed by atoms with E-state index in [1.54, 1.807) is 30.3 Å². The maximum atomic E-state index is 12.7. The van der Waals surface area contributed by atoms with E-state index in [0.29, 0.717) is 31.1 Å². The molecule has 3 N–H and O–H groups in total. The molecule has 2 heterocycles. The molecule has 0 fully saturated rings. The third kappa shape index (κ3) is 26.5. The summed E-state index contributed by atoms with van der Waals surface area (Å²) in [6, 6.07) is 28.4. The fourth-order valence-corrected chi connectivity index (χ4v) is 2730. The van der Waals surface area contributed by atoms with Crippen LogP contribution in [0.3, 0.4) is 0 Å². The van der Waals surface area contributed by atoms with Gasteiger partial charge in [0.1, 0.15) is 21.3 Å². The molecule has 0 unspecified atom stereocenters. The van der Waals surface area contributed by atoms with E-state index in [1.807, 2.05) is 74.5 Å². The molecule has 0 aliphatic carbocycles. The number of hydrogen-bond acceptors (Lipinski definition) is 13. The molecule has 0 radical (unpaired) electrons. The van der Waals surface area contributed by atoms with Gasteiger partial charge in [-0.1, -0.05) is 80.0 Å². The summed E-state index contributed by atoms with van der Waals surface area (Å²) < 4.78 is 70.5. The molecule has 0 saturated carbocycles. The van der Waals surface area contributed by atoms with Gasteiger partial charge in [0, 0.05) is 21.8 Å². The molecule has 0 spiro atoms. The van der Waals surface area contributed by atoms with E-state index in [2.05, 4.69) is 211 Å². The normalized spacial score (nSPS) is 12.6. The van der Waals surface area contributed by atoms with Crippen molar-refractivity contribution in [1.29, 1.82) is 0 Å². The number of nitrogens with zero attached hydrogens (tertiary/aromatic N) is 4. The third-order valence-electron chi connectivity index (χ3n) is 7.57. The predicted molar refractivity (Wildman–Crippen MR) is 452 cm³/mol. The second-order valence-electron chi connectivity index (χ2n) is 11.7. The van der Waals surface area contributed by atoms with Crippen molar-refractivity contribution in [2.75, 3.05) is 24.7 Å². The molecule has 71 heavy (non-hydrogen) atoms. The summed E-state index contributed by atoms with van der Waals surface area (Å²) in [5, 5.41) is 14.9. The molecule has 14 nitrogen and oxygen atoms in total. The number of ether oxygens (including phenoxy) is 2. The molecule has 0 aliphatic rings. The molecule has 0 aliphatic heterocycles. The molecular formula is C35H39ClI19N6O8S2-. The van der Waals surface area contributed by atoms with Crippen LogP contribution < -0.4 is 33.2 Å². The number of halogens is 20. The maximum Gasteiger partial charge on any atom is 0.313 e. The molecule has 410 valence electrons. The number of anilines is 2. The van der Waals surface area contributed by atoms with Crippen molar-refractivity contribution in [3.05, 3.63) is 108 Å². The summed E-state index contributed by atoms with van der Waals surface area (Å²) >= 11 is 30.9. The second-order valence-corrected chi connectivity index (χ2v) is 422. The van der Waals surface area contributed by atoms with E-state index >= 15 is 0 Å². The minimum Gasteiger partial charge on any atom is -0.404 e. The van der Waals surface area contributed by atoms with E-state index < -0.39 is 27.0 Å². The van der Waals surface area contributed by atoms with Crippen LogP contribution in [0.25, 0.3) is 22.9 Å². The molecule has 2 aromatic heterocycles. The first-order chi connectivity index (χ1) is 33.0. The molecule has 0 amide bonds. The monoisotopic (exact) mass is 3180 g/mol. The zero-order valence-corrected chi connectivity index (χ0v) is 78.5. The Balaban J connectivity index is 0.000000336. The quantitative estimate of drug-likeness (QED) is 0.0608. The van der Waals surface area contributed by atoms with E-state index in [4.69, 9.17) is 34.7 Å². The van der Waals surface area contributed by atoms with Crippen LogP contribution in [0.4, 0.5) is 12.0 Å². The number of aryl methyl sites for hydroxylation is 2. The van der Waals surface area contributed by atoms with Crippen LogP contribution >= 0.6 is 260 Å². The first-order valence-corrected chi connectivity index (χ1v) is 135. The summed E-state index contributed by atoms with van der Waals surface area (Å²) in [6.45, 7) is 3.88. The first kappa shape index (κ1) is 75.5. The summed E-state index contributed by atoms with van der Waals surface area (Å²) in [5.41, 5.74) is 8.63. The number of rotatable bonds is 18. The van der Waals surface area contributed by atoms with Crippen molar-refractivity contribution in [2.24, 2.45) is 0 Å². The number of nitrogens with two attached hydrogens (primary N) is 1. The van der Waals surface area contributed by atoms with Crippen LogP contribution in [-0.2, 0) is 31.9 Å². The Labute approximate surface area is 554 Å². The standard InChI is InChI=1S/C17H17N3O4S.C9H11ClO3S.C8H7N3O.CH4.I19/c1-3-12-9-10-14(23-2)15(11-12)25(21,22)20-17-19-18-16(24-17)13-7-5-4-6-8-13;1-3-7-4-5-8(13-2)9(6-7)14(10,11)12;9-8-11-10-7(12-8)6-4-2-1-3-5-6;;1-11-13(4)15(6)17(8)19(10)18(9)16(7)14(5)12(2)3/h4-11H,3H2,1-2H3,(H,19,20);4-6H,3H2,1-2H3;1-5H,(H2,9,11);1H4;/q;;;;-1. The Morgan fingerprint density at radius 3 is 1.45 bits per heavy atom. The topological polar surface area (TPSA) is 203 Å². The fraction of sp³-hybridized carbons (Fsp3) is 0.200. The summed E-state index contributed by atoms with van der Waals surface area (Å²) in [7, 11) is -2.55. The zero-order chi connectivity index (χ0) is 52.3. The van der Waals surface area contributed by atoms with Gasteiger partial charge in [-0.05, 0) is 72.5 Å². The van der Waals surface area contributed by atoms with Crippen LogP contribution in [0.5, 0.6) is 11.5 Å². The molecule has 6 rings (SSSR count). The number of nitrogens with one attached hydrogen (secondary N) is 1. The minimum absolute atomic E-state index is 0. The van der Waals surface area contributed by atoms with Gasteiger partial charge in [0.15, 0.2) is 0 Å². The average molecular weight is 3180 g/mol. The van der Waals surface area contributed by atoms with Gasteiger partial charge in [-0.3, -0.25) is 0 Å². The molecule has 36 heteroatoms. The van der Waals surface area contributed by atoms with Gasteiger partial charge >= 0.3 is 275 Å². The summed E-state index contributed by atoms with van der Waals surface area (Å²) in [4.78, 5) is 0.0508. The van der Waals surface area contributed by atoms with Crippen molar-refractivity contribution in [2.45, 2.75) is 43.9 Å². The number of sulfonamides is 1. The molecular weight excluding hydrogens is 3140 g/mol. The van der Waals surface area contributed by atoms with Crippen LogP contribution in [0, 0.1) is 0 Å². The Kier molecular flexibility index (Phi) is 42.5. The van der Waals surface area contributed by atoms with Crippen LogP contribution in [-0.4, -0.2) is 51.4 Å².